The van der Waals surface area contributed by atoms with E-state index in [1.54, 1.807) is 11.8 Å². The number of hydrogen-bond donors (Lipinski definition) is 2. The molecule has 3 nitrogen and oxygen atoms in total. The number of hydrogen-bond acceptors (Lipinski definition) is 4. The molecule has 0 aromatic rings. The van der Waals surface area contributed by atoms with Crippen LogP contribution < -0.4 is 5.48 Å². The summed E-state index contributed by atoms with van der Waals surface area (Å²) in [5, 5.41) is 9.14. The highest BCUT2D eigenvalue weighted by Crippen LogP contribution is 2.40. The second-order valence-corrected chi connectivity index (χ2v) is 6.84. The zero-order valence-corrected chi connectivity index (χ0v) is 10.7. The minimum absolute atomic E-state index is 0.0687. The van der Waals surface area contributed by atoms with Crippen LogP contribution in [0.3, 0.4) is 0 Å². The zero-order chi connectivity index (χ0) is 10.9. The Bertz CT molecular complexity index is 231. The van der Waals surface area contributed by atoms with Crippen molar-refractivity contribution in [3.8, 4) is 0 Å². The maximum atomic E-state index is 9.14. The van der Waals surface area contributed by atoms with Crippen molar-refractivity contribution in [2.24, 2.45) is 5.92 Å². The van der Waals surface area contributed by atoms with Gasteiger partial charge in [-0.25, -0.2) is 0 Å². The first-order valence-electron chi connectivity index (χ1n) is 4.77. The molecule has 82 valence electrons. The van der Waals surface area contributed by atoms with Gasteiger partial charge in [-0.1, -0.05) is 37.8 Å². The van der Waals surface area contributed by atoms with Gasteiger partial charge >= 0.3 is 0 Å². The summed E-state index contributed by atoms with van der Waals surface area (Å²) in [6.07, 6.45) is -0.0811. The normalized spacial score (nSPS) is 26.3. The molecule has 1 rings (SSSR count). The van der Waals surface area contributed by atoms with Gasteiger partial charge in [0.2, 0.25) is 0 Å². The Kier molecular flexibility index (Phi) is 3.80. The number of nitrogens with zero attached hydrogens (tertiary/aromatic N) is 1. The standard InChI is InChI=1S/C9H18N2OS2/c1-6(2)5-11-7(10-12)9(3,4)14-8(11)13/h6-7,10,12H,5H2,1-4H3/t7-/m0/s1. The molecule has 1 heterocycles. The molecular weight excluding hydrogens is 216 g/mol. The summed E-state index contributed by atoms with van der Waals surface area (Å²) in [4.78, 5) is 2.06. The maximum absolute atomic E-state index is 9.14. The van der Waals surface area contributed by atoms with Crippen molar-refractivity contribution in [1.29, 1.82) is 0 Å². The first kappa shape index (κ1) is 12.2. The number of thiocarbonyl (C=S) groups is 1. The topological polar surface area (TPSA) is 35.5 Å². The van der Waals surface area contributed by atoms with Crippen LogP contribution in [0, 0.1) is 5.92 Å². The molecule has 0 unspecified atom stereocenters. The van der Waals surface area contributed by atoms with Crippen molar-refractivity contribution in [2.75, 3.05) is 6.54 Å². The van der Waals surface area contributed by atoms with Gasteiger partial charge in [0.25, 0.3) is 0 Å². The van der Waals surface area contributed by atoms with E-state index in [0.717, 1.165) is 10.9 Å². The van der Waals surface area contributed by atoms with Crippen LogP contribution in [0.1, 0.15) is 27.7 Å². The summed E-state index contributed by atoms with van der Waals surface area (Å²) in [5.41, 5.74) is 2.36. The van der Waals surface area contributed by atoms with E-state index < -0.39 is 0 Å². The molecule has 0 aromatic carbocycles. The van der Waals surface area contributed by atoms with Gasteiger partial charge in [0.1, 0.15) is 10.5 Å². The van der Waals surface area contributed by atoms with Crippen molar-refractivity contribution in [3.63, 3.8) is 0 Å². The van der Waals surface area contributed by atoms with E-state index >= 15 is 0 Å². The second kappa shape index (κ2) is 4.35. The number of nitrogens with one attached hydrogen (secondary N) is 1. The molecule has 0 radical (unpaired) electrons. The Labute approximate surface area is 95.2 Å². The van der Waals surface area contributed by atoms with Gasteiger partial charge in [-0.3, -0.25) is 0 Å². The van der Waals surface area contributed by atoms with Gasteiger partial charge in [0.15, 0.2) is 0 Å². The SMILES string of the molecule is CC(C)CN1C(=S)SC(C)(C)[C@H]1NO. The average Bonchev–Trinajstić information content (AvgIpc) is 2.20. The van der Waals surface area contributed by atoms with Gasteiger partial charge in [-0.05, 0) is 19.8 Å². The van der Waals surface area contributed by atoms with Gasteiger partial charge in [-0.2, -0.15) is 5.48 Å². The molecule has 1 aliphatic rings. The number of hydroxylamine groups is 1. The van der Waals surface area contributed by atoms with Crippen molar-refractivity contribution in [1.82, 2.24) is 10.4 Å². The Hall–Kier alpha value is 0.160. The second-order valence-electron chi connectivity index (χ2n) is 4.55. The van der Waals surface area contributed by atoms with E-state index in [-0.39, 0.29) is 10.9 Å². The third kappa shape index (κ3) is 2.39. The molecule has 1 saturated heterocycles. The van der Waals surface area contributed by atoms with Crippen molar-refractivity contribution in [2.45, 2.75) is 38.6 Å². The van der Waals surface area contributed by atoms with E-state index in [1.807, 2.05) is 0 Å². The zero-order valence-electron chi connectivity index (χ0n) is 9.07. The predicted octanol–water partition coefficient (Wildman–Crippen LogP) is 2.06. The Balaban J connectivity index is 2.78. The van der Waals surface area contributed by atoms with E-state index in [4.69, 9.17) is 17.4 Å². The van der Waals surface area contributed by atoms with Gasteiger partial charge in [0.05, 0.1) is 4.75 Å². The van der Waals surface area contributed by atoms with Crippen molar-refractivity contribution < 1.29 is 5.21 Å². The van der Waals surface area contributed by atoms with Crippen LogP contribution in [0.15, 0.2) is 0 Å². The molecule has 5 heteroatoms. The first-order valence-corrected chi connectivity index (χ1v) is 6.00. The molecule has 1 aliphatic heterocycles. The fourth-order valence-corrected chi connectivity index (χ4v) is 3.48. The molecule has 1 atom stereocenters. The fraction of sp³-hybridized carbons (Fsp3) is 0.889. The number of rotatable bonds is 3. The molecule has 14 heavy (non-hydrogen) atoms. The highest BCUT2D eigenvalue weighted by Gasteiger charge is 2.44. The highest BCUT2D eigenvalue weighted by molar-refractivity contribution is 8.24. The molecule has 0 saturated carbocycles. The molecule has 0 bridgehead atoms. The van der Waals surface area contributed by atoms with Crippen LogP contribution in [0.5, 0.6) is 0 Å². The van der Waals surface area contributed by atoms with E-state index in [2.05, 4.69) is 38.1 Å². The third-order valence-electron chi connectivity index (χ3n) is 2.24. The van der Waals surface area contributed by atoms with Crippen LogP contribution in [-0.4, -0.2) is 31.9 Å². The van der Waals surface area contributed by atoms with Gasteiger partial charge in [0, 0.05) is 6.54 Å². The summed E-state index contributed by atoms with van der Waals surface area (Å²) in [6.45, 7) is 9.34. The van der Waals surface area contributed by atoms with Crippen molar-refractivity contribution >= 4 is 28.3 Å². The van der Waals surface area contributed by atoms with Crippen LogP contribution in [0.2, 0.25) is 0 Å². The third-order valence-corrected chi connectivity index (χ3v) is 3.88. The van der Waals surface area contributed by atoms with Crippen LogP contribution in [0.4, 0.5) is 0 Å². The maximum Gasteiger partial charge on any atom is 0.138 e. The lowest BCUT2D eigenvalue weighted by atomic mass is 10.1. The predicted molar refractivity (Wildman–Crippen MR) is 64.5 cm³/mol. The Morgan fingerprint density at radius 3 is 2.64 bits per heavy atom. The minimum atomic E-state index is -0.0811. The van der Waals surface area contributed by atoms with E-state index in [1.165, 1.54) is 0 Å². The summed E-state index contributed by atoms with van der Waals surface area (Å²) in [6, 6.07) is 0. The van der Waals surface area contributed by atoms with E-state index in [9.17, 15) is 0 Å². The molecular formula is C9H18N2OS2. The van der Waals surface area contributed by atoms with Crippen LogP contribution in [-0.2, 0) is 0 Å². The molecule has 0 aliphatic carbocycles. The monoisotopic (exact) mass is 234 g/mol. The Morgan fingerprint density at radius 2 is 2.21 bits per heavy atom. The van der Waals surface area contributed by atoms with Crippen molar-refractivity contribution in [3.05, 3.63) is 0 Å². The first-order chi connectivity index (χ1) is 6.38. The lowest BCUT2D eigenvalue weighted by Crippen LogP contribution is -2.51. The smallest absolute Gasteiger partial charge is 0.138 e. The molecule has 0 spiro atoms. The van der Waals surface area contributed by atoms with Gasteiger partial charge < -0.3 is 10.1 Å². The summed E-state index contributed by atoms with van der Waals surface area (Å²) in [7, 11) is 0. The number of thioether (sulfide) groups is 1. The largest absolute Gasteiger partial charge is 0.338 e. The summed E-state index contributed by atoms with van der Waals surface area (Å²) >= 11 is 6.93. The molecule has 2 N–H and O–H groups in total. The van der Waals surface area contributed by atoms with Crippen LogP contribution >= 0.6 is 24.0 Å². The van der Waals surface area contributed by atoms with E-state index in [0.29, 0.717) is 5.92 Å². The summed E-state index contributed by atoms with van der Waals surface area (Å²) in [5.74, 6) is 0.540. The van der Waals surface area contributed by atoms with Gasteiger partial charge in [-0.15, -0.1) is 0 Å². The molecule has 1 fully saturated rings. The molecule has 0 aromatic heterocycles. The lowest BCUT2D eigenvalue weighted by Gasteiger charge is -2.31. The average molecular weight is 234 g/mol. The Morgan fingerprint density at radius 1 is 1.64 bits per heavy atom. The minimum Gasteiger partial charge on any atom is -0.338 e. The lowest BCUT2D eigenvalue weighted by molar-refractivity contribution is 0.0531. The molecule has 0 amide bonds. The highest BCUT2D eigenvalue weighted by atomic mass is 32.2. The quantitative estimate of drug-likeness (QED) is 0.577. The summed E-state index contributed by atoms with van der Waals surface area (Å²) < 4.78 is 0.802. The van der Waals surface area contributed by atoms with Crippen LogP contribution in [0.25, 0.3) is 0 Å². The fourth-order valence-electron chi connectivity index (χ4n) is 1.62.